The number of halogens is 1. The second kappa shape index (κ2) is 6.48. The molecular formula is C16H19ClN2O2. The van der Waals surface area contributed by atoms with Gasteiger partial charge in [-0.2, -0.15) is 4.98 Å². The molecule has 0 atom stereocenters. The number of phenols is 1. The largest absolute Gasteiger partial charge is 0.507 e. The predicted molar refractivity (Wildman–Crippen MR) is 81.5 cm³/mol. The minimum atomic E-state index is 0.0652. The van der Waals surface area contributed by atoms with Gasteiger partial charge in [0.25, 0.3) is 5.89 Å². The Morgan fingerprint density at radius 3 is 2.52 bits per heavy atom. The highest BCUT2D eigenvalue weighted by Crippen LogP contribution is 2.33. The molecule has 1 fully saturated rings. The highest BCUT2D eigenvalue weighted by molar-refractivity contribution is 6.30. The zero-order chi connectivity index (χ0) is 14.7. The average molecular weight is 307 g/mol. The Morgan fingerprint density at radius 1 is 1.10 bits per heavy atom. The first kappa shape index (κ1) is 14.4. The molecule has 0 unspecified atom stereocenters. The van der Waals surface area contributed by atoms with Crippen molar-refractivity contribution in [2.24, 2.45) is 0 Å². The molecule has 1 N–H and O–H groups in total. The van der Waals surface area contributed by atoms with Gasteiger partial charge in [-0.1, -0.05) is 48.9 Å². The lowest BCUT2D eigenvalue weighted by molar-refractivity contribution is 0.391. The molecule has 0 spiro atoms. The fourth-order valence-corrected chi connectivity index (χ4v) is 3.08. The maximum atomic E-state index is 9.93. The Hall–Kier alpha value is -1.55. The van der Waals surface area contributed by atoms with Crippen LogP contribution in [0.1, 0.15) is 56.7 Å². The third-order valence-electron chi connectivity index (χ3n) is 4.10. The van der Waals surface area contributed by atoms with Crippen LogP contribution in [0.3, 0.4) is 0 Å². The third-order valence-corrected chi connectivity index (χ3v) is 4.34. The first-order valence-electron chi connectivity index (χ1n) is 7.56. The zero-order valence-electron chi connectivity index (χ0n) is 11.9. The average Bonchev–Trinajstić information content (AvgIpc) is 2.87. The van der Waals surface area contributed by atoms with Gasteiger partial charge in [0.2, 0.25) is 0 Å². The summed E-state index contributed by atoms with van der Waals surface area (Å²) in [4.78, 5) is 4.49. The fraction of sp³-hybridized carbons (Fsp3) is 0.500. The number of aromatic nitrogens is 2. The maximum Gasteiger partial charge on any atom is 0.261 e. The van der Waals surface area contributed by atoms with Crippen LogP contribution < -0.4 is 0 Å². The van der Waals surface area contributed by atoms with Crippen LogP contribution in [-0.4, -0.2) is 15.2 Å². The first-order chi connectivity index (χ1) is 10.2. The molecule has 0 saturated heterocycles. The van der Waals surface area contributed by atoms with Gasteiger partial charge in [-0.3, -0.25) is 0 Å². The smallest absolute Gasteiger partial charge is 0.261 e. The number of hydrogen-bond acceptors (Lipinski definition) is 4. The quantitative estimate of drug-likeness (QED) is 0.855. The van der Waals surface area contributed by atoms with Crippen molar-refractivity contribution in [3.63, 3.8) is 0 Å². The summed E-state index contributed by atoms with van der Waals surface area (Å²) >= 11 is 5.84. The van der Waals surface area contributed by atoms with Crippen LogP contribution in [0.15, 0.2) is 22.7 Å². The summed E-state index contributed by atoms with van der Waals surface area (Å²) < 4.78 is 5.33. The number of aromatic hydroxyl groups is 1. The lowest BCUT2D eigenvalue weighted by Crippen LogP contribution is -2.04. The minimum Gasteiger partial charge on any atom is -0.507 e. The molecule has 112 valence electrons. The van der Waals surface area contributed by atoms with Crippen molar-refractivity contribution in [2.75, 3.05) is 0 Å². The van der Waals surface area contributed by atoms with Crippen LogP contribution in [0.5, 0.6) is 5.75 Å². The summed E-state index contributed by atoms with van der Waals surface area (Å²) in [5.74, 6) is 1.56. The molecule has 1 aromatic heterocycles. The van der Waals surface area contributed by atoms with E-state index in [2.05, 4.69) is 10.1 Å². The molecule has 2 aromatic rings. The van der Waals surface area contributed by atoms with Crippen LogP contribution in [0.4, 0.5) is 0 Å². The van der Waals surface area contributed by atoms with Crippen LogP contribution in [-0.2, 0) is 0 Å². The Morgan fingerprint density at radius 2 is 1.81 bits per heavy atom. The van der Waals surface area contributed by atoms with Crippen molar-refractivity contribution in [3.05, 3.63) is 29.0 Å². The fourth-order valence-electron chi connectivity index (χ4n) is 2.91. The van der Waals surface area contributed by atoms with Gasteiger partial charge < -0.3 is 9.63 Å². The van der Waals surface area contributed by atoms with Crippen molar-refractivity contribution in [3.8, 4) is 17.2 Å². The van der Waals surface area contributed by atoms with E-state index in [0.29, 0.717) is 22.4 Å². The standard InChI is InChI=1S/C16H19ClN2O2/c17-12-8-9-13(14(20)10-12)16-18-15(19-21-16)11-6-4-2-1-3-5-7-11/h8-11,20H,1-7H2. The third kappa shape index (κ3) is 3.38. The van der Waals surface area contributed by atoms with Crippen molar-refractivity contribution in [1.82, 2.24) is 10.1 Å². The van der Waals surface area contributed by atoms with Crippen LogP contribution in [0.2, 0.25) is 5.02 Å². The Bertz CT molecular complexity index is 604. The van der Waals surface area contributed by atoms with Crippen LogP contribution in [0.25, 0.3) is 11.5 Å². The summed E-state index contributed by atoms with van der Waals surface area (Å²) in [6, 6.07) is 4.89. The van der Waals surface area contributed by atoms with Gasteiger partial charge in [0.1, 0.15) is 5.75 Å². The second-order valence-electron chi connectivity index (χ2n) is 5.66. The molecule has 1 saturated carbocycles. The van der Waals surface area contributed by atoms with Gasteiger partial charge in [0.15, 0.2) is 5.82 Å². The lowest BCUT2D eigenvalue weighted by atomic mass is 9.91. The molecule has 0 bridgehead atoms. The SMILES string of the molecule is Oc1cc(Cl)ccc1-c1nc(C2CCCCCCC2)no1. The van der Waals surface area contributed by atoms with E-state index >= 15 is 0 Å². The topological polar surface area (TPSA) is 59.2 Å². The maximum absolute atomic E-state index is 9.93. The summed E-state index contributed by atoms with van der Waals surface area (Å²) in [5.41, 5.74) is 0.531. The van der Waals surface area contributed by atoms with E-state index in [1.165, 1.54) is 38.2 Å². The molecule has 0 radical (unpaired) electrons. The summed E-state index contributed by atoms with van der Waals surface area (Å²) in [5, 5.41) is 14.5. The van der Waals surface area contributed by atoms with E-state index in [-0.39, 0.29) is 5.75 Å². The molecule has 21 heavy (non-hydrogen) atoms. The molecule has 1 aliphatic rings. The van der Waals surface area contributed by atoms with Gasteiger partial charge in [0.05, 0.1) is 5.56 Å². The monoisotopic (exact) mass is 306 g/mol. The van der Waals surface area contributed by atoms with E-state index in [9.17, 15) is 5.11 Å². The highest BCUT2D eigenvalue weighted by Gasteiger charge is 2.21. The van der Waals surface area contributed by atoms with E-state index in [1.54, 1.807) is 12.1 Å². The number of nitrogens with zero attached hydrogens (tertiary/aromatic N) is 2. The lowest BCUT2D eigenvalue weighted by Gasteiger charge is -2.15. The molecule has 1 aliphatic carbocycles. The van der Waals surface area contributed by atoms with Crippen LogP contribution >= 0.6 is 11.6 Å². The van der Waals surface area contributed by atoms with Crippen molar-refractivity contribution < 1.29 is 9.63 Å². The second-order valence-corrected chi connectivity index (χ2v) is 6.10. The van der Waals surface area contributed by atoms with Crippen molar-refractivity contribution >= 4 is 11.6 Å². The summed E-state index contributed by atoms with van der Waals surface area (Å²) in [6.45, 7) is 0. The van der Waals surface area contributed by atoms with Crippen molar-refractivity contribution in [2.45, 2.75) is 50.9 Å². The van der Waals surface area contributed by atoms with E-state index in [4.69, 9.17) is 16.1 Å². The first-order valence-corrected chi connectivity index (χ1v) is 7.94. The number of rotatable bonds is 2. The van der Waals surface area contributed by atoms with Gasteiger partial charge in [-0.15, -0.1) is 0 Å². The number of benzene rings is 1. The number of hydrogen-bond donors (Lipinski definition) is 1. The summed E-state index contributed by atoms with van der Waals surface area (Å²) in [6.07, 6.45) is 8.60. The van der Waals surface area contributed by atoms with Gasteiger partial charge >= 0.3 is 0 Å². The van der Waals surface area contributed by atoms with E-state index < -0.39 is 0 Å². The molecule has 1 aromatic carbocycles. The van der Waals surface area contributed by atoms with E-state index in [0.717, 1.165) is 18.7 Å². The van der Waals surface area contributed by atoms with Crippen LogP contribution in [0, 0.1) is 0 Å². The van der Waals surface area contributed by atoms with Gasteiger partial charge in [-0.05, 0) is 31.0 Å². The predicted octanol–water partition coefficient (Wildman–Crippen LogP) is 4.92. The molecule has 3 rings (SSSR count). The van der Waals surface area contributed by atoms with Gasteiger partial charge in [-0.25, -0.2) is 0 Å². The molecular weight excluding hydrogens is 288 g/mol. The number of phenolic OH excluding ortho intramolecular Hbond substituents is 1. The Balaban J connectivity index is 1.81. The minimum absolute atomic E-state index is 0.0652. The zero-order valence-corrected chi connectivity index (χ0v) is 12.6. The van der Waals surface area contributed by atoms with E-state index in [1.807, 2.05) is 0 Å². The highest BCUT2D eigenvalue weighted by atomic mass is 35.5. The summed E-state index contributed by atoms with van der Waals surface area (Å²) in [7, 11) is 0. The molecule has 1 heterocycles. The van der Waals surface area contributed by atoms with Crippen molar-refractivity contribution in [1.29, 1.82) is 0 Å². The molecule has 4 nitrogen and oxygen atoms in total. The molecule has 0 amide bonds. The molecule has 0 aliphatic heterocycles. The molecule has 5 heteroatoms. The van der Waals surface area contributed by atoms with Gasteiger partial charge in [0, 0.05) is 10.9 Å². The Labute approximate surface area is 129 Å². The normalized spacial score (nSPS) is 17.4. The Kier molecular flexibility index (Phi) is 4.44.